The molecule has 7 rings (SSSR count). The van der Waals surface area contributed by atoms with Gasteiger partial charge in [-0.3, -0.25) is 19.3 Å². The first-order valence-electron chi connectivity index (χ1n) is 17.6. The molecule has 0 N–H and O–H groups in total. The largest absolute Gasteiger partial charge is 0.623 e. The Bertz CT molecular complexity index is 2210. The number of unbranched alkanes of at least 4 members (excludes halogenated alkanes) is 1. The fourth-order valence-electron chi connectivity index (χ4n) is 6.69. The molecule has 5 heterocycles. The molecule has 0 unspecified atom stereocenters. The molecule has 2 aliphatic rings. The maximum atomic E-state index is 13.5. The highest BCUT2D eigenvalue weighted by Gasteiger charge is 2.33. The number of rotatable bonds is 11. The summed E-state index contributed by atoms with van der Waals surface area (Å²) in [5.74, 6) is 1.25. The van der Waals surface area contributed by atoms with E-state index in [-0.39, 0.29) is 25.5 Å². The van der Waals surface area contributed by atoms with Crippen molar-refractivity contribution in [1.82, 2.24) is 24.6 Å². The van der Waals surface area contributed by atoms with Crippen LogP contribution in [0.3, 0.4) is 0 Å². The molecule has 3 aromatic heterocycles. The lowest BCUT2D eigenvalue weighted by Crippen LogP contribution is -2.36. The maximum absolute atomic E-state index is 13.5. The van der Waals surface area contributed by atoms with Crippen molar-refractivity contribution in [2.24, 2.45) is 4.99 Å². The molecule has 5 aromatic rings. The lowest BCUT2D eigenvalue weighted by molar-refractivity contribution is -0.457. The molecule has 1 amide bonds. The molecule has 272 valence electrons. The van der Waals surface area contributed by atoms with E-state index in [4.69, 9.17) is 26.1 Å². The van der Waals surface area contributed by atoms with Gasteiger partial charge in [-0.1, -0.05) is 41.9 Å². The number of thiophene rings is 1. The smallest absolute Gasteiger partial charge is 0.410 e. The number of ether oxygens (including phenoxy) is 2. The van der Waals surface area contributed by atoms with Gasteiger partial charge in [-0.05, 0) is 68.1 Å². The average Bonchev–Trinajstić information content (AvgIpc) is 3.68. The number of aromatic nitrogens is 4. The van der Waals surface area contributed by atoms with Crippen LogP contribution in [0.25, 0.3) is 5.00 Å². The van der Waals surface area contributed by atoms with Crippen LogP contribution in [0.5, 0.6) is 0 Å². The second-order valence-corrected chi connectivity index (χ2v) is 14.2. The van der Waals surface area contributed by atoms with E-state index in [0.717, 1.165) is 54.2 Å². The van der Waals surface area contributed by atoms with Crippen LogP contribution in [0, 0.1) is 12.1 Å². The van der Waals surface area contributed by atoms with Gasteiger partial charge in [-0.15, -0.1) is 21.5 Å². The van der Waals surface area contributed by atoms with E-state index in [1.54, 1.807) is 41.6 Å². The molecule has 14 heteroatoms. The summed E-state index contributed by atoms with van der Waals surface area (Å²) in [4.78, 5) is 37.3. The normalized spacial score (nSPS) is 13.9. The maximum Gasteiger partial charge on any atom is 0.410 e. The third kappa shape index (κ3) is 7.72. The van der Waals surface area contributed by atoms with E-state index in [1.807, 2.05) is 61.5 Å². The predicted octanol–water partition coefficient (Wildman–Crippen LogP) is 6.81. The number of aliphatic imine (C=N–C) groups is 1. The fraction of sp³-hybridized carbons (Fsp3) is 0.308. The molecule has 0 aliphatic carbocycles. The van der Waals surface area contributed by atoms with Gasteiger partial charge in [0.15, 0.2) is 12.4 Å². The van der Waals surface area contributed by atoms with E-state index >= 15 is 0 Å². The molecular weight excluding hydrogens is 714 g/mol. The molecule has 0 atom stereocenters. The van der Waals surface area contributed by atoms with Crippen molar-refractivity contribution in [1.29, 1.82) is 0 Å². The fourth-order valence-corrected chi connectivity index (χ4v) is 8.35. The molecule has 2 aliphatic heterocycles. The van der Waals surface area contributed by atoms with Crippen LogP contribution in [0.4, 0.5) is 4.79 Å². The molecule has 0 radical (unpaired) electrons. The summed E-state index contributed by atoms with van der Waals surface area (Å²) < 4.78 is 13.9. The van der Waals surface area contributed by atoms with Gasteiger partial charge in [0.25, 0.3) is 0 Å². The van der Waals surface area contributed by atoms with E-state index < -0.39 is 6.09 Å². The summed E-state index contributed by atoms with van der Waals surface area (Å²) >= 11 is 8.31. The minimum atomic E-state index is -0.422. The number of carbonyl (C=O) groups is 2. The van der Waals surface area contributed by atoms with Gasteiger partial charge in [0.05, 0.1) is 24.4 Å². The second-order valence-electron chi connectivity index (χ2n) is 12.7. The monoisotopic (exact) mass is 751 g/mol. The number of aryl methyl sites for hydroxylation is 1. The number of amides is 1. The molecule has 0 spiro atoms. The summed E-state index contributed by atoms with van der Waals surface area (Å²) in [5, 5.41) is 23.8. The summed E-state index contributed by atoms with van der Waals surface area (Å²) in [6, 6.07) is 18.7. The Kier molecular flexibility index (Phi) is 10.9. The van der Waals surface area contributed by atoms with Crippen molar-refractivity contribution < 1.29 is 23.8 Å². The Morgan fingerprint density at radius 2 is 1.89 bits per heavy atom. The van der Waals surface area contributed by atoms with Crippen LogP contribution >= 0.6 is 22.9 Å². The van der Waals surface area contributed by atoms with Crippen LogP contribution < -0.4 is 0 Å². The SMILES string of the molecule is CCOC(=O)CCCC/[N+]([O-])=C(/c1cccnc1)c1cccc(COC(=O)N2CCc3c(sc4c3C(c3ccccc3Cl)=NCc3nnc(C)n3-4)C2)c1. The van der Waals surface area contributed by atoms with Crippen molar-refractivity contribution in [3.05, 3.63) is 133 Å². The van der Waals surface area contributed by atoms with Crippen molar-refractivity contribution in [2.45, 2.75) is 59.2 Å². The van der Waals surface area contributed by atoms with Gasteiger partial charge < -0.3 is 19.6 Å². The summed E-state index contributed by atoms with van der Waals surface area (Å²) in [6.45, 7) is 5.49. The number of nitrogens with zero attached hydrogens (tertiary/aromatic N) is 7. The zero-order valence-corrected chi connectivity index (χ0v) is 31.0. The first-order valence-corrected chi connectivity index (χ1v) is 18.8. The standard InChI is InChI=1S/C39H38ClN7O5S/c1-3-51-34(48)15-6-7-18-46(50)37(28-12-9-17-41-21-28)27-11-8-10-26(20-27)24-52-39(49)45-19-16-30-32(23-45)53-38-35(30)36(29-13-4-5-14-31(29)40)42-22-33-44-43-25(2)47(33)38/h4-5,8-14,17,20-21H,3,6-7,15-16,18-19,22-24H2,1-2H3/b46-37-. The van der Waals surface area contributed by atoms with E-state index in [9.17, 15) is 14.8 Å². The Morgan fingerprint density at radius 3 is 2.70 bits per heavy atom. The van der Waals surface area contributed by atoms with Gasteiger partial charge in [0, 0.05) is 58.4 Å². The molecular formula is C39H38ClN7O5S. The number of halogens is 1. The number of hydrogen-bond acceptors (Lipinski definition) is 10. The van der Waals surface area contributed by atoms with Gasteiger partial charge in [-0.2, -0.15) is 0 Å². The van der Waals surface area contributed by atoms with Gasteiger partial charge >= 0.3 is 12.1 Å². The number of hydrogen-bond donors (Lipinski definition) is 0. The molecule has 53 heavy (non-hydrogen) atoms. The third-order valence-electron chi connectivity index (χ3n) is 9.18. The molecule has 2 aromatic carbocycles. The highest BCUT2D eigenvalue weighted by Crippen LogP contribution is 2.40. The van der Waals surface area contributed by atoms with Crippen LogP contribution in [0.1, 0.15) is 76.1 Å². The van der Waals surface area contributed by atoms with Gasteiger partial charge in [0.2, 0.25) is 5.71 Å². The predicted molar refractivity (Wildman–Crippen MR) is 202 cm³/mol. The highest BCUT2D eigenvalue weighted by molar-refractivity contribution is 7.15. The van der Waals surface area contributed by atoms with Crippen molar-refractivity contribution in [2.75, 3.05) is 19.7 Å². The summed E-state index contributed by atoms with van der Waals surface area (Å²) in [5.41, 5.74) is 6.36. The zero-order valence-electron chi connectivity index (χ0n) is 29.5. The first-order chi connectivity index (χ1) is 25.8. The number of carbonyl (C=O) groups excluding carboxylic acids is 2. The quantitative estimate of drug-likeness (QED) is 0.0358. The van der Waals surface area contributed by atoms with Crippen molar-refractivity contribution in [3.63, 3.8) is 0 Å². The summed E-state index contributed by atoms with van der Waals surface area (Å²) in [6.07, 6.45) is 4.82. The topological polar surface area (TPSA) is 138 Å². The Hall–Kier alpha value is -5.40. The van der Waals surface area contributed by atoms with Crippen molar-refractivity contribution in [3.8, 4) is 5.00 Å². The first kappa shape index (κ1) is 36.0. The average molecular weight is 752 g/mol. The van der Waals surface area contributed by atoms with Crippen LogP contribution in [0.2, 0.25) is 5.02 Å². The Labute approximate surface area is 316 Å². The molecule has 0 bridgehead atoms. The minimum absolute atomic E-state index is 0.0300. The third-order valence-corrected chi connectivity index (χ3v) is 10.7. The molecule has 0 saturated carbocycles. The molecule has 0 fully saturated rings. The Morgan fingerprint density at radius 1 is 1.04 bits per heavy atom. The summed E-state index contributed by atoms with van der Waals surface area (Å²) in [7, 11) is 0. The number of esters is 1. The van der Waals surface area contributed by atoms with Crippen LogP contribution in [0.15, 0.2) is 78.0 Å². The lowest BCUT2D eigenvalue weighted by atomic mass is 9.95. The van der Waals surface area contributed by atoms with E-state index in [1.165, 1.54) is 0 Å². The van der Waals surface area contributed by atoms with E-state index in [0.29, 0.717) is 67.4 Å². The molecule has 12 nitrogen and oxygen atoms in total. The number of benzene rings is 2. The van der Waals surface area contributed by atoms with Crippen molar-refractivity contribution >= 4 is 46.4 Å². The van der Waals surface area contributed by atoms with Gasteiger partial charge in [-0.25, -0.2) is 9.53 Å². The highest BCUT2D eigenvalue weighted by atomic mass is 35.5. The lowest BCUT2D eigenvalue weighted by Gasteiger charge is -2.27. The second kappa shape index (κ2) is 16.1. The number of hydroxylamine groups is 1. The Balaban J connectivity index is 1.08. The number of fused-ring (bicyclic) bond motifs is 5. The molecule has 0 saturated heterocycles. The number of pyridine rings is 1. The van der Waals surface area contributed by atoms with Gasteiger partial charge in [0.1, 0.15) is 24.0 Å². The minimum Gasteiger partial charge on any atom is -0.623 e. The zero-order chi connectivity index (χ0) is 36.9. The van der Waals surface area contributed by atoms with Crippen LogP contribution in [-0.2, 0) is 40.4 Å². The van der Waals surface area contributed by atoms with Crippen LogP contribution in [-0.4, -0.2) is 72.6 Å². The van der Waals surface area contributed by atoms with E-state index in [2.05, 4.69) is 19.7 Å².